The largest absolute Gasteiger partial charge is 0.315 e. The molecule has 0 aromatic rings. The highest BCUT2D eigenvalue weighted by atomic mass is 32.2. The van der Waals surface area contributed by atoms with Gasteiger partial charge in [-0.1, -0.05) is 6.92 Å². The maximum absolute atomic E-state index is 10.9. The molecule has 0 aromatic carbocycles. The van der Waals surface area contributed by atoms with Crippen LogP contribution in [-0.2, 0) is 10.0 Å². The van der Waals surface area contributed by atoms with Gasteiger partial charge in [0.2, 0.25) is 10.0 Å². The molecule has 11 heavy (non-hydrogen) atoms. The summed E-state index contributed by atoms with van der Waals surface area (Å²) < 4.78 is 24.3. The van der Waals surface area contributed by atoms with E-state index in [0.29, 0.717) is 0 Å². The number of nitrogens with one attached hydrogen (secondary N) is 2. The summed E-state index contributed by atoms with van der Waals surface area (Å²) >= 11 is 0. The fraction of sp³-hybridized carbons (Fsp3) is 1.00. The van der Waals surface area contributed by atoms with Gasteiger partial charge in [-0.25, -0.2) is 13.1 Å². The molecule has 1 atom stereocenters. The molecule has 0 bridgehead atoms. The summed E-state index contributed by atoms with van der Waals surface area (Å²) in [5.74, 6) is 0.281. The first-order chi connectivity index (χ1) is 5.14. The van der Waals surface area contributed by atoms with Crippen molar-refractivity contribution in [3.63, 3.8) is 0 Å². The Morgan fingerprint density at radius 2 is 2.36 bits per heavy atom. The van der Waals surface area contributed by atoms with E-state index in [1.807, 2.05) is 6.92 Å². The lowest BCUT2D eigenvalue weighted by molar-refractivity contribution is 0.553. The van der Waals surface area contributed by atoms with Crippen LogP contribution in [0.2, 0.25) is 0 Å². The molecule has 0 saturated carbocycles. The Kier molecular flexibility index (Phi) is 2.86. The van der Waals surface area contributed by atoms with Gasteiger partial charge in [0.05, 0.1) is 5.75 Å². The van der Waals surface area contributed by atoms with Crippen LogP contribution in [0.5, 0.6) is 0 Å². The second-order valence-electron chi connectivity index (χ2n) is 2.73. The molecule has 1 saturated heterocycles. The van der Waals surface area contributed by atoms with Gasteiger partial charge in [-0.15, -0.1) is 0 Å². The molecular weight excluding hydrogens is 164 g/mol. The molecule has 0 amide bonds. The first kappa shape index (κ1) is 8.96. The zero-order valence-electron chi connectivity index (χ0n) is 6.63. The predicted molar refractivity (Wildman–Crippen MR) is 43.9 cm³/mol. The van der Waals surface area contributed by atoms with Gasteiger partial charge in [-0.3, -0.25) is 0 Å². The van der Waals surface area contributed by atoms with Gasteiger partial charge in [0.15, 0.2) is 0 Å². The number of rotatable bonds is 3. The minimum atomic E-state index is -2.92. The van der Waals surface area contributed by atoms with Crippen LogP contribution in [0.3, 0.4) is 0 Å². The summed E-state index contributed by atoms with van der Waals surface area (Å²) in [5.41, 5.74) is 0. The molecule has 0 spiro atoms. The average Bonchev–Trinajstić information content (AvgIpc) is 2.26. The molecule has 1 heterocycles. The number of hydrogen-bond donors (Lipinski definition) is 2. The van der Waals surface area contributed by atoms with E-state index in [0.717, 1.165) is 19.5 Å². The lowest BCUT2D eigenvalue weighted by Crippen LogP contribution is -2.35. The minimum absolute atomic E-state index is 0.111. The van der Waals surface area contributed by atoms with Crippen LogP contribution in [0.4, 0.5) is 0 Å². The summed E-state index contributed by atoms with van der Waals surface area (Å²) in [4.78, 5) is 0. The van der Waals surface area contributed by atoms with Gasteiger partial charge in [0.1, 0.15) is 0 Å². The van der Waals surface area contributed by atoms with Crippen LogP contribution in [0.15, 0.2) is 0 Å². The molecule has 1 aliphatic heterocycles. The summed E-state index contributed by atoms with van der Waals surface area (Å²) in [6.45, 7) is 3.64. The molecule has 1 fully saturated rings. The Morgan fingerprint density at radius 1 is 1.64 bits per heavy atom. The molecule has 2 N–H and O–H groups in total. The van der Waals surface area contributed by atoms with Crippen LogP contribution in [0.25, 0.3) is 0 Å². The van der Waals surface area contributed by atoms with Crippen molar-refractivity contribution in [2.75, 3.05) is 18.8 Å². The Labute approximate surface area is 67.4 Å². The monoisotopic (exact) mass is 178 g/mol. The second kappa shape index (κ2) is 3.51. The van der Waals surface area contributed by atoms with Crippen LogP contribution in [0, 0.1) is 0 Å². The van der Waals surface area contributed by atoms with Gasteiger partial charge < -0.3 is 5.32 Å². The van der Waals surface area contributed by atoms with E-state index in [-0.39, 0.29) is 11.8 Å². The SMILES string of the molecule is CCNCC1CCS(=O)(=O)N1. The van der Waals surface area contributed by atoms with Crippen molar-refractivity contribution in [3.05, 3.63) is 0 Å². The maximum atomic E-state index is 10.9. The first-order valence-corrected chi connectivity index (χ1v) is 5.50. The molecule has 1 rings (SSSR count). The Bertz CT molecular complexity index is 213. The van der Waals surface area contributed by atoms with Crippen molar-refractivity contribution in [1.29, 1.82) is 0 Å². The van der Waals surface area contributed by atoms with Crippen molar-refractivity contribution in [2.45, 2.75) is 19.4 Å². The summed E-state index contributed by atoms with van der Waals surface area (Å²) in [6.07, 6.45) is 0.731. The Balaban J connectivity index is 2.31. The molecule has 5 heteroatoms. The second-order valence-corrected chi connectivity index (χ2v) is 4.60. The van der Waals surface area contributed by atoms with E-state index in [1.165, 1.54) is 0 Å². The molecule has 1 unspecified atom stereocenters. The molecular formula is C6H14N2O2S. The lowest BCUT2D eigenvalue weighted by Gasteiger charge is -2.07. The van der Waals surface area contributed by atoms with E-state index in [4.69, 9.17) is 0 Å². The van der Waals surface area contributed by atoms with Gasteiger partial charge in [-0.05, 0) is 13.0 Å². The highest BCUT2D eigenvalue weighted by Gasteiger charge is 2.25. The third kappa shape index (κ3) is 2.76. The number of sulfonamides is 1. The molecule has 4 nitrogen and oxygen atoms in total. The van der Waals surface area contributed by atoms with Crippen LogP contribution < -0.4 is 10.0 Å². The van der Waals surface area contributed by atoms with Gasteiger partial charge in [0.25, 0.3) is 0 Å². The van der Waals surface area contributed by atoms with E-state index in [9.17, 15) is 8.42 Å². The van der Waals surface area contributed by atoms with Gasteiger partial charge in [-0.2, -0.15) is 0 Å². The topological polar surface area (TPSA) is 58.2 Å². The Hall–Kier alpha value is -0.130. The summed E-state index contributed by atoms with van der Waals surface area (Å²) in [6, 6.07) is 0.111. The fourth-order valence-corrected chi connectivity index (χ4v) is 2.55. The third-order valence-corrected chi connectivity index (χ3v) is 3.19. The number of likely N-dealkylation sites (N-methyl/N-ethyl adjacent to an activating group) is 1. The van der Waals surface area contributed by atoms with Crippen molar-refractivity contribution in [2.24, 2.45) is 0 Å². The van der Waals surface area contributed by atoms with Crippen molar-refractivity contribution in [3.8, 4) is 0 Å². The van der Waals surface area contributed by atoms with Crippen LogP contribution in [0.1, 0.15) is 13.3 Å². The predicted octanol–water partition coefficient (Wildman–Crippen LogP) is -0.712. The molecule has 66 valence electrons. The van der Waals surface area contributed by atoms with Crippen molar-refractivity contribution >= 4 is 10.0 Å². The Morgan fingerprint density at radius 3 is 2.82 bits per heavy atom. The van der Waals surface area contributed by atoms with Crippen LogP contribution in [-0.4, -0.2) is 33.3 Å². The molecule has 0 aliphatic carbocycles. The van der Waals surface area contributed by atoms with Gasteiger partial charge in [0, 0.05) is 12.6 Å². The van der Waals surface area contributed by atoms with Crippen molar-refractivity contribution < 1.29 is 8.42 Å². The number of hydrogen-bond acceptors (Lipinski definition) is 3. The molecule has 0 aromatic heterocycles. The standard InChI is InChI=1S/C6H14N2O2S/c1-2-7-5-6-3-4-11(9,10)8-6/h6-8H,2-5H2,1H3. The maximum Gasteiger partial charge on any atom is 0.211 e. The van der Waals surface area contributed by atoms with Gasteiger partial charge >= 0.3 is 0 Å². The lowest BCUT2D eigenvalue weighted by atomic mass is 10.2. The third-order valence-electron chi connectivity index (χ3n) is 1.72. The smallest absolute Gasteiger partial charge is 0.211 e. The quantitative estimate of drug-likeness (QED) is 0.600. The first-order valence-electron chi connectivity index (χ1n) is 3.85. The highest BCUT2D eigenvalue weighted by Crippen LogP contribution is 2.05. The van der Waals surface area contributed by atoms with E-state index in [2.05, 4.69) is 10.0 Å². The van der Waals surface area contributed by atoms with Crippen molar-refractivity contribution in [1.82, 2.24) is 10.0 Å². The van der Waals surface area contributed by atoms with Crippen LogP contribution >= 0.6 is 0 Å². The normalized spacial score (nSPS) is 29.0. The summed E-state index contributed by atoms with van der Waals surface area (Å²) in [5, 5.41) is 3.10. The highest BCUT2D eigenvalue weighted by molar-refractivity contribution is 7.89. The van der Waals surface area contributed by atoms with E-state index in [1.54, 1.807) is 0 Å². The average molecular weight is 178 g/mol. The zero-order chi connectivity index (χ0) is 8.32. The molecule has 0 radical (unpaired) electrons. The van der Waals surface area contributed by atoms with E-state index >= 15 is 0 Å². The fourth-order valence-electron chi connectivity index (χ4n) is 1.13. The molecule has 1 aliphatic rings. The summed E-state index contributed by atoms with van der Waals surface area (Å²) in [7, 11) is -2.92. The minimum Gasteiger partial charge on any atom is -0.315 e. The van der Waals surface area contributed by atoms with E-state index < -0.39 is 10.0 Å². The zero-order valence-corrected chi connectivity index (χ0v) is 7.45.